The second kappa shape index (κ2) is 4.13. The van der Waals surface area contributed by atoms with Gasteiger partial charge in [0.25, 0.3) is 0 Å². The number of nitrogens with two attached hydrogens (primary N) is 1. The number of phosphoric acid groups is 1. The molecule has 1 rings (SSSR count). The molecule has 0 bridgehead atoms. The van der Waals surface area contributed by atoms with Gasteiger partial charge in [0, 0.05) is 0 Å². The molecule has 6 nitrogen and oxygen atoms in total. The number of hydrogen-bond donors (Lipinski definition) is 2. The molecule has 76 valence electrons. The van der Waals surface area contributed by atoms with Crippen LogP contribution in [0.4, 0.5) is 4.79 Å². The molecule has 1 aromatic rings. The topological polar surface area (TPSA) is 98.9 Å². The number of hydrogen-bond acceptors (Lipinski definition) is 4. The highest BCUT2D eigenvalue weighted by Gasteiger charge is 2.26. The van der Waals surface area contributed by atoms with Crippen molar-refractivity contribution in [1.29, 1.82) is 0 Å². The Bertz CT molecular complexity index is 366. The highest BCUT2D eigenvalue weighted by atomic mass is 31.2. The van der Waals surface area contributed by atoms with Crippen LogP contribution in [0.1, 0.15) is 0 Å². The lowest BCUT2D eigenvalue weighted by atomic mass is 10.3. The van der Waals surface area contributed by atoms with E-state index in [0.717, 1.165) is 0 Å². The maximum atomic E-state index is 11.0. The predicted molar refractivity (Wildman–Crippen MR) is 47.6 cm³/mol. The Kier molecular flexibility index (Phi) is 3.11. The molecular weight excluding hydrogens is 209 g/mol. The van der Waals surface area contributed by atoms with Gasteiger partial charge in [0.2, 0.25) is 0 Å². The second-order valence-corrected chi connectivity index (χ2v) is 3.59. The van der Waals surface area contributed by atoms with Crippen LogP contribution in [0.5, 0.6) is 5.75 Å². The number of amides is 1. The molecule has 0 saturated carbocycles. The van der Waals surface area contributed by atoms with Crippen LogP contribution < -0.4 is 10.3 Å². The van der Waals surface area contributed by atoms with E-state index in [2.05, 4.69) is 14.8 Å². The number of para-hydroxylation sites is 1. The van der Waals surface area contributed by atoms with Crippen molar-refractivity contribution in [2.45, 2.75) is 0 Å². The summed E-state index contributed by atoms with van der Waals surface area (Å²) in [5.41, 5.74) is 4.56. The molecule has 3 N–H and O–H groups in total. The average molecular weight is 217 g/mol. The molecule has 0 heterocycles. The van der Waals surface area contributed by atoms with E-state index in [0.29, 0.717) is 0 Å². The monoisotopic (exact) mass is 217 g/mol. The number of benzene rings is 1. The zero-order valence-electron chi connectivity index (χ0n) is 6.99. The Morgan fingerprint density at radius 3 is 2.43 bits per heavy atom. The van der Waals surface area contributed by atoms with E-state index in [9.17, 15) is 9.36 Å². The van der Waals surface area contributed by atoms with Crippen molar-refractivity contribution < 1.29 is 23.3 Å². The van der Waals surface area contributed by atoms with E-state index >= 15 is 0 Å². The van der Waals surface area contributed by atoms with Gasteiger partial charge in [-0.3, -0.25) is 4.89 Å². The lowest BCUT2D eigenvalue weighted by Gasteiger charge is -2.10. The van der Waals surface area contributed by atoms with E-state index in [1.807, 2.05) is 0 Å². The summed E-state index contributed by atoms with van der Waals surface area (Å²) in [6.07, 6.45) is -1.37. The SMILES string of the molecule is NC(=O)OP(=O)(O)Oc1ccccc1. The molecule has 0 fully saturated rings. The lowest BCUT2D eigenvalue weighted by molar-refractivity contribution is 0.188. The summed E-state index contributed by atoms with van der Waals surface area (Å²) in [5, 5.41) is 0. The summed E-state index contributed by atoms with van der Waals surface area (Å²) in [6, 6.07) is 7.77. The van der Waals surface area contributed by atoms with Crippen molar-refractivity contribution in [2.75, 3.05) is 0 Å². The van der Waals surface area contributed by atoms with E-state index in [1.165, 1.54) is 12.1 Å². The summed E-state index contributed by atoms with van der Waals surface area (Å²) in [6.45, 7) is 0. The summed E-state index contributed by atoms with van der Waals surface area (Å²) >= 11 is 0. The van der Waals surface area contributed by atoms with Gasteiger partial charge in [-0.1, -0.05) is 18.2 Å². The van der Waals surface area contributed by atoms with Crippen LogP contribution in [0.2, 0.25) is 0 Å². The summed E-state index contributed by atoms with van der Waals surface area (Å²) in [5.74, 6) is 0.111. The first-order chi connectivity index (χ1) is 6.49. The van der Waals surface area contributed by atoms with Crippen molar-refractivity contribution >= 4 is 13.9 Å². The molecule has 0 aliphatic rings. The fourth-order valence-electron chi connectivity index (χ4n) is 0.747. The molecule has 0 saturated heterocycles. The smallest absolute Gasteiger partial charge is 0.395 e. The van der Waals surface area contributed by atoms with E-state index in [1.54, 1.807) is 18.2 Å². The Morgan fingerprint density at radius 1 is 1.36 bits per heavy atom. The minimum absolute atomic E-state index is 0.111. The molecule has 14 heavy (non-hydrogen) atoms. The van der Waals surface area contributed by atoms with Gasteiger partial charge in [-0.15, -0.1) is 0 Å². The molecule has 7 heteroatoms. The van der Waals surface area contributed by atoms with Crippen molar-refractivity contribution in [2.24, 2.45) is 5.73 Å². The molecule has 1 aromatic carbocycles. The zero-order valence-corrected chi connectivity index (χ0v) is 7.89. The third-order valence-electron chi connectivity index (χ3n) is 1.17. The van der Waals surface area contributed by atoms with Gasteiger partial charge in [0.15, 0.2) is 0 Å². The number of carbonyl (C=O) groups excluding carboxylic acids is 1. The Labute approximate surface area is 79.9 Å². The van der Waals surface area contributed by atoms with E-state index < -0.39 is 13.9 Å². The highest BCUT2D eigenvalue weighted by Crippen LogP contribution is 2.43. The summed E-state index contributed by atoms with van der Waals surface area (Å²) < 4.78 is 19.4. The van der Waals surface area contributed by atoms with Gasteiger partial charge < -0.3 is 14.8 Å². The number of phosphoric ester groups is 1. The molecule has 0 aliphatic carbocycles. The zero-order chi connectivity index (χ0) is 10.6. The largest absolute Gasteiger partial charge is 0.588 e. The van der Waals surface area contributed by atoms with Crippen LogP contribution in [0.25, 0.3) is 0 Å². The van der Waals surface area contributed by atoms with Crippen LogP contribution >= 0.6 is 7.82 Å². The highest BCUT2D eigenvalue weighted by molar-refractivity contribution is 7.48. The van der Waals surface area contributed by atoms with E-state index in [-0.39, 0.29) is 5.75 Å². The van der Waals surface area contributed by atoms with Gasteiger partial charge in [0.1, 0.15) is 5.75 Å². The second-order valence-electron chi connectivity index (χ2n) is 2.28. The Morgan fingerprint density at radius 2 is 1.93 bits per heavy atom. The summed E-state index contributed by atoms with van der Waals surface area (Å²) in [4.78, 5) is 19.1. The number of primary amides is 1. The maximum Gasteiger partial charge on any atom is 0.588 e. The van der Waals surface area contributed by atoms with Crippen LogP contribution in [0.15, 0.2) is 30.3 Å². The van der Waals surface area contributed by atoms with Crippen LogP contribution in [0, 0.1) is 0 Å². The average Bonchev–Trinajstić information content (AvgIpc) is 2.02. The fraction of sp³-hybridized carbons (Fsp3) is 0. The maximum absolute atomic E-state index is 11.0. The Balaban J connectivity index is 2.69. The Hall–Kier alpha value is -1.52. The molecule has 1 amide bonds. The lowest BCUT2D eigenvalue weighted by Crippen LogP contribution is -2.13. The van der Waals surface area contributed by atoms with Crippen LogP contribution in [-0.2, 0) is 9.09 Å². The first kappa shape index (κ1) is 10.6. The molecule has 0 radical (unpaired) electrons. The standard InChI is InChI=1S/C7H8NO5P/c8-7(9)13-14(10,11)12-6-4-2-1-3-5-6/h1-5H,(H2,8,9)(H,10,11). The third-order valence-corrected chi connectivity index (χ3v) is 2.02. The van der Waals surface area contributed by atoms with Crippen molar-refractivity contribution in [3.8, 4) is 5.75 Å². The first-order valence-corrected chi connectivity index (χ1v) is 5.05. The first-order valence-electron chi connectivity index (χ1n) is 3.56. The fourth-order valence-corrected chi connectivity index (χ4v) is 1.40. The predicted octanol–water partition coefficient (Wildman–Crippen LogP) is 1.26. The minimum atomic E-state index is -4.45. The van der Waals surface area contributed by atoms with Crippen LogP contribution in [0.3, 0.4) is 0 Å². The molecule has 0 spiro atoms. The molecule has 0 aromatic heterocycles. The molecule has 1 atom stereocenters. The number of carbonyl (C=O) groups is 1. The van der Waals surface area contributed by atoms with E-state index in [4.69, 9.17) is 4.89 Å². The van der Waals surface area contributed by atoms with Gasteiger partial charge in [-0.2, -0.15) is 0 Å². The van der Waals surface area contributed by atoms with Crippen LogP contribution in [-0.4, -0.2) is 11.0 Å². The number of rotatable bonds is 3. The molecule has 0 aliphatic heterocycles. The van der Waals surface area contributed by atoms with Gasteiger partial charge in [-0.05, 0) is 12.1 Å². The van der Waals surface area contributed by atoms with Gasteiger partial charge in [0.05, 0.1) is 0 Å². The third kappa shape index (κ3) is 3.47. The summed E-state index contributed by atoms with van der Waals surface area (Å²) in [7, 11) is -4.45. The molecular formula is C7H8NO5P. The quantitative estimate of drug-likeness (QED) is 0.742. The molecule has 1 unspecified atom stereocenters. The van der Waals surface area contributed by atoms with Gasteiger partial charge in [-0.25, -0.2) is 9.36 Å². The normalized spacial score (nSPS) is 14.1. The van der Waals surface area contributed by atoms with Crippen molar-refractivity contribution in [1.82, 2.24) is 0 Å². The van der Waals surface area contributed by atoms with Crippen molar-refractivity contribution in [3.05, 3.63) is 30.3 Å². The van der Waals surface area contributed by atoms with Gasteiger partial charge >= 0.3 is 13.9 Å². The van der Waals surface area contributed by atoms with Crippen molar-refractivity contribution in [3.63, 3.8) is 0 Å². The minimum Gasteiger partial charge on any atom is -0.395 e.